The zero-order valence-electron chi connectivity index (χ0n) is 6.83. The third-order valence-electron chi connectivity index (χ3n) is 1.19. The molecule has 0 fully saturated rings. The van der Waals surface area contributed by atoms with Crippen LogP contribution < -0.4 is 0 Å². The predicted octanol–water partition coefficient (Wildman–Crippen LogP) is 0.0698. The predicted molar refractivity (Wildman–Crippen MR) is 42.6 cm³/mol. The minimum absolute atomic E-state index is 0.269. The minimum atomic E-state index is -1.85. The first-order valence-corrected chi connectivity index (χ1v) is 4.70. The lowest BCUT2D eigenvalue weighted by Gasteiger charge is -2.05. The number of carboxylic acids is 1. The quantitative estimate of drug-likeness (QED) is 0.486. The Morgan fingerprint density at radius 2 is 1.91 bits per heavy atom. The maximum absolute atomic E-state index is 10.3. The highest BCUT2D eigenvalue weighted by Gasteiger charge is 2.08. The molecule has 11 heavy (non-hydrogen) atoms. The van der Waals surface area contributed by atoms with Crippen LogP contribution in [0.2, 0.25) is 0 Å². The highest BCUT2D eigenvalue weighted by atomic mass is 28.3. The molecule has 64 valence electrons. The average molecular weight is 176 g/mol. The number of carboxylic acid groups (broad SMARTS) is 1. The second-order valence-corrected chi connectivity index (χ2v) is 4.01. The van der Waals surface area contributed by atoms with Crippen molar-refractivity contribution in [1.82, 2.24) is 0 Å². The summed E-state index contributed by atoms with van der Waals surface area (Å²) in [6, 6.07) is 0. The molecule has 0 aliphatic carbocycles. The molecule has 0 rings (SSSR count). The Labute approximate surface area is 67.3 Å². The van der Waals surface area contributed by atoms with E-state index in [0.29, 0.717) is 0 Å². The van der Waals surface area contributed by atoms with Gasteiger partial charge in [0.05, 0.1) is 0 Å². The van der Waals surface area contributed by atoms with E-state index >= 15 is 0 Å². The molecule has 1 N–H and O–H groups in total. The summed E-state index contributed by atoms with van der Waals surface area (Å²) in [5, 5.41) is 8.46. The van der Waals surface area contributed by atoms with Crippen molar-refractivity contribution in [2.75, 3.05) is 14.2 Å². The minimum Gasteiger partial charge on any atom is -0.478 e. The van der Waals surface area contributed by atoms with Crippen LogP contribution in [0, 0.1) is 0 Å². The van der Waals surface area contributed by atoms with Gasteiger partial charge in [0.25, 0.3) is 0 Å². The van der Waals surface area contributed by atoms with Gasteiger partial charge in [-0.15, -0.1) is 0 Å². The molecule has 0 saturated carbocycles. The van der Waals surface area contributed by atoms with Crippen molar-refractivity contribution in [2.24, 2.45) is 0 Å². The van der Waals surface area contributed by atoms with E-state index in [-0.39, 0.29) is 5.57 Å². The van der Waals surface area contributed by atoms with Crippen LogP contribution in [0.15, 0.2) is 11.3 Å². The molecule has 0 radical (unpaired) electrons. The van der Waals surface area contributed by atoms with Gasteiger partial charge >= 0.3 is 15.3 Å². The van der Waals surface area contributed by atoms with Gasteiger partial charge in [0, 0.05) is 19.8 Å². The number of aliphatic carboxylic acids is 1. The second kappa shape index (κ2) is 5.06. The summed E-state index contributed by atoms with van der Waals surface area (Å²) in [5.74, 6) is -0.934. The molecule has 0 bridgehead atoms. The lowest BCUT2D eigenvalue weighted by molar-refractivity contribution is -0.132. The molecular weight excluding hydrogens is 164 g/mol. The molecule has 0 aliphatic rings. The van der Waals surface area contributed by atoms with E-state index in [0.717, 1.165) is 0 Å². The molecule has 0 aromatic heterocycles. The van der Waals surface area contributed by atoms with E-state index < -0.39 is 15.3 Å². The van der Waals surface area contributed by atoms with Crippen LogP contribution in [0.1, 0.15) is 6.92 Å². The highest BCUT2D eigenvalue weighted by Crippen LogP contribution is 1.96. The van der Waals surface area contributed by atoms with Crippen LogP contribution in [-0.4, -0.2) is 34.6 Å². The van der Waals surface area contributed by atoms with Crippen molar-refractivity contribution in [3.8, 4) is 0 Å². The molecule has 0 aromatic carbocycles. The van der Waals surface area contributed by atoms with Crippen LogP contribution in [0.5, 0.6) is 0 Å². The van der Waals surface area contributed by atoms with Crippen molar-refractivity contribution in [2.45, 2.75) is 6.92 Å². The van der Waals surface area contributed by atoms with Crippen molar-refractivity contribution in [1.29, 1.82) is 0 Å². The van der Waals surface area contributed by atoms with E-state index in [1.807, 2.05) is 0 Å². The molecule has 5 heteroatoms. The molecule has 4 nitrogen and oxygen atoms in total. The summed E-state index contributed by atoms with van der Waals surface area (Å²) in [6.07, 6.45) is 0. The van der Waals surface area contributed by atoms with Crippen molar-refractivity contribution >= 4 is 15.3 Å². The molecular formula is C6H12O4Si. The van der Waals surface area contributed by atoms with E-state index in [1.165, 1.54) is 26.8 Å². The largest absolute Gasteiger partial charge is 0.478 e. The topological polar surface area (TPSA) is 55.8 Å². The number of hydrogen-bond acceptors (Lipinski definition) is 3. The lowest BCUT2D eigenvalue weighted by atomic mass is 10.4. The van der Waals surface area contributed by atoms with E-state index in [9.17, 15) is 4.79 Å². The Balaban J connectivity index is 4.14. The van der Waals surface area contributed by atoms with Crippen LogP contribution in [0.4, 0.5) is 0 Å². The molecule has 0 atom stereocenters. The van der Waals surface area contributed by atoms with E-state index in [1.54, 1.807) is 0 Å². The third kappa shape index (κ3) is 3.92. The van der Waals surface area contributed by atoms with Gasteiger partial charge in [-0.2, -0.15) is 0 Å². The van der Waals surface area contributed by atoms with Crippen LogP contribution in [-0.2, 0) is 13.6 Å². The van der Waals surface area contributed by atoms with Gasteiger partial charge in [-0.25, -0.2) is 4.79 Å². The Kier molecular flexibility index (Phi) is 4.76. The smallest absolute Gasteiger partial charge is 0.348 e. The van der Waals surface area contributed by atoms with E-state index in [4.69, 9.17) is 14.0 Å². The first kappa shape index (κ1) is 10.3. The molecule has 0 aromatic rings. The fourth-order valence-electron chi connectivity index (χ4n) is 0.508. The fourth-order valence-corrected chi connectivity index (χ4v) is 1.52. The summed E-state index contributed by atoms with van der Waals surface area (Å²) < 4.78 is 9.79. The number of carbonyl (C=O) groups is 1. The Morgan fingerprint density at radius 3 is 2.18 bits per heavy atom. The molecule has 0 unspecified atom stereocenters. The van der Waals surface area contributed by atoms with E-state index in [2.05, 4.69) is 0 Å². The summed E-state index contributed by atoms with van der Waals surface area (Å²) in [4.78, 5) is 10.3. The lowest BCUT2D eigenvalue weighted by Crippen LogP contribution is -2.17. The summed E-state index contributed by atoms with van der Waals surface area (Å²) in [7, 11) is 1.16. The fraction of sp³-hybridized carbons (Fsp3) is 0.500. The molecule has 0 spiro atoms. The monoisotopic (exact) mass is 176 g/mol. The van der Waals surface area contributed by atoms with Crippen molar-refractivity contribution in [3.63, 3.8) is 0 Å². The zero-order chi connectivity index (χ0) is 8.85. The van der Waals surface area contributed by atoms with Gasteiger partial charge in [0.1, 0.15) is 0 Å². The van der Waals surface area contributed by atoms with Gasteiger partial charge < -0.3 is 14.0 Å². The maximum Gasteiger partial charge on any atom is 0.348 e. The third-order valence-corrected chi connectivity index (χ3v) is 2.89. The van der Waals surface area contributed by atoms with Crippen molar-refractivity contribution in [3.05, 3.63) is 11.3 Å². The first-order valence-electron chi connectivity index (χ1n) is 3.09. The SMILES string of the molecule is CO[SiH](C=C(C)C(=O)O)OC. The molecule has 0 amide bonds. The first-order chi connectivity index (χ1) is 5.11. The van der Waals surface area contributed by atoms with Gasteiger partial charge in [0.15, 0.2) is 0 Å². The van der Waals surface area contributed by atoms with Gasteiger partial charge in [-0.05, 0) is 12.6 Å². The Hall–Kier alpha value is -0.653. The maximum atomic E-state index is 10.3. The summed E-state index contributed by atoms with van der Waals surface area (Å²) >= 11 is 0. The zero-order valence-corrected chi connectivity index (χ0v) is 7.98. The Morgan fingerprint density at radius 1 is 1.45 bits per heavy atom. The average Bonchev–Trinajstić information content (AvgIpc) is 1.99. The van der Waals surface area contributed by atoms with Crippen molar-refractivity contribution < 1.29 is 18.8 Å². The highest BCUT2D eigenvalue weighted by molar-refractivity contribution is 6.51. The van der Waals surface area contributed by atoms with Gasteiger partial charge in [-0.1, -0.05) is 0 Å². The normalized spacial score (nSPS) is 12.2. The van der Waals surface area contributed by atoms with Crippen LogP contribution in [0.3, 0.4) is 0 Å². The summed E-state index contributed by atoms with van der Waals surface area (Å²) in [6.45, 7) is 1.51. The van der Waals surface area contributed by atoms with Crippen LogP contribution in [0.25, 0.3) is 0 Å². The van der Waals surface area contributed by atoms with Crippen LogP contribution >= 0.6 is 0 Å². The van der Waals surface area contributed by atoms with Gasteiger partial charge in [-0.3, -0.25) is 0 Å². The second-order valence-electron chi connectivity index (χ2n) is 1.99. The molecule has 0 heterocycles. The molecule has 0 aliphatic heterocycles. The number of hydrogen-bond donors (Lipinski definition) is 1. The standard InChI is InChI=1S/C6H12O4Si/c1-5(6(7)8)4-11(9-2)10-3/h4,11H,1-3H3,(H,7,8). The summed E-state index contributed by atoms with van der Waals surface area (Å²) in [5.41, 5.74) is 1.80. The number of rotatable bonds is 4. The van der Waals surface area contributed by atoms with Gasteiger partial charge in [0.2, 0.25) is 0 Å². The molecule has 0 saturated heterocycles. The Bertz CT molecular complexity index is 162.